The van der Waals surface area contributed by atoms with E-state index in [0.29, 0.717) is 6.54 Å². The van der Waals surface area contributed by atoms with E-state index >= 15 is 0 Å². The molecule has 0 saturated carbocycles. The van der Waals surface area contributed by atoms with Gasteiger partial charge in [0.05, 0.1) is 13.1 Å². The first kappa shape index (κ1) is 15.8. The van der Waals surface area contributed by atoms with Crippen LogP contribution < -0.4 is 10.6 Å². The minimum Gasteiger partial charge on any atom is -0.460 e. The van der Waals surface area contributed by atoms with E-state index < -0.39 is 0 Å². The molecule has 0 spiro atoms. The molecule has 0 bridgehead atoms. The maximum Gasteiger partial charge on any atom is 0.234 e. The summed E-state index contributed by atoms with van der Waals surface area (Å²) in [5.74, 6) is 1.62. The normalized spacial score (nSPS) is 10.9. The van der Waals surface area contributed by atoms with Crippen molar-refractivity contribution in [3.8, 4) is 11.3 Å². The van der Waals surface area contributed by atoms with Gasteiger partial charge in [-0.2, -0.15) is 0 Å². The highest BCUT2D eigenvalue weighted by Crippen LogP contribution is 2.24. The van der Waals surface area contributed by atoms with Crippen molar-refractivity contribution in [2.24, 2.45) is 0 Å². The van der Waals surface area contributed by atoms with E-state index in [9.17, 15) is 4.79 Å². The molecular formula is C16H19BrN2O2. The lowest BCUT2D eigenvalue weighted by Crippen LogP contribution is -2.37. The van der Waals surface area contributed by atoms with E-state index in [4.69, 9.17) is 4.42 Å². The van der Waals surface area contributed by atoms with Crippen molar-refractivity contribution in [2.45, 2.75) is 26.4 Å². The van der Waals surface area contributed by atoms with Gasteiger partial charge < -0.3 is 15.1 Å². The topological polar surface area (TPSA) is 54.3 Å². The first-order valence-corrected chi connectivity index (χ1v) is 7.68. The van der Waals surface area contributed by atoms with Crippen LogP contribution in [0.3, 0.4) is 0 Å². The number of halogens is 1. The van der Waals surface area contributed by atoms with Gasteiger partial charge in [0.25, 0.3) is 0 Å². The third kappa shape index (κ3) is 5.02. The van der Waals surface area contributed by atoms with Gasteiger partial charge in [-0.05, 0) is 38.1 Å². The maximum atomic E-state index is 11.5. The number of carbonyl (C=O) groups excluding carboxylic acids is 1. The lowest BCUT2D eigenvalue weighted by Gasteiger charge is -2.08. The van der Waals surface area contributed by atoms with Crippen LogP contribution >= 0.6 is 15.9 Å². The van der Waals surface area contributed by atoms with Crippen molar-refractivity contribution >= 4 is 21.8 Å². The van der Waals surface area contributed by atoms with E-state index in [1.807, 2.05) is 50.2 Å². The first-order chi connectivity index (χ1) is 10.0. The Kier molecular flexibility index (Phi) is 5.59. The van der Waals surface area contributed by atoms with Crippen LogP contribution in [0.1, 0.15) is 19.6 Å². The number of nitrogens with one attached hydrogen (secondary N) is 2. The Labute approximate surface area is 133 Å². The van der Waals surface area contributed by atoms with Gasteiger partial charge in [-0.25, -0.2) is 0 Å². The molecule has 112 valence electrons. The molecule has 2 aromatic rings. The summed E-state index contributed by atoms with van der Waals surface area (Å²) in [5, 5.41) is 5.90. The SMILES string of the molecule is CC(C)NC(=O)CNCc1ccc(-c2cccc(Br)c2)o1. The van der Waals surface area contributed by atoms with Gasteiger partial charge in [0.2, 0.25) is 5.91 Å². The molecule has 2 N–H and O–H groups in total. The second-order valence-corrected chi connectivity index (χ2v) is 6.02. The Hall–Kier alpha value is -1.59. The number of amides is 1. The number of carbonyl (C=O) groups is 1. The number of furan rings is 1. The highest BCUT2D eigenvalue weighted by molar-refractivity contribution is 9.10. The summed E-state index contributed by atoms with van der Waals surface area (Å²) >= 11 is 3.45. The van der Waals surface area contributed by atoms with Gasteiger partial charge in [-0.15, -0.1) is 0 Å². The molecule has 5 heteroatoms. The van der Waals surface area contributed by atoms with Crippen LogP contribution in [0.4, 0.5) is 0 Å². The van der Waals surface area contributed by atoms with Gasteiger partial charge in [0.1, 0.15) is 11.5 Å². The molecule has 0 unspecified atom stereocenters. The second kappa shape index (κ2) is 7.43. The Morgan fingerprint density at radius 3 is 2.81 bits per heavy atom. The number of hydrogen-bond donors (Lipinski definition) is 2. The standard InChI is InChI=1S/C16H19BrN2O2/c1-11(2)19-16(20)10-18-9-14-6-7-15(21-14)12-4-3-5-13(17)8-12/h3-8,11,18H,9-10H2,1-2H3,(H,19,20). The maximum absolute atomic E-state index is 11.5. The Balaban J connectivity index is 1.88. The van der Waals surface area contributed by atoms with Crippen molar-refractivity contribution < 1.29 is 9.21 Å². The number of rotatable bonds is 6. The predicted octanol–water partition coefficient (Wildman–Crippen LogP) is 3.32. The summed E-state index contributed by atoms with van der Waals surface area (Å²) in [6, 6.07) is 12.0. The van der Waals surface area contributed by atoms with E-state index in [-0.39, 0.29) is 18.5 Å². The van der Waals surface area contributed by atoms with Crippen molar-refractivity contribution in [2.75, 3.05) is 6.54 Å². The third-order valence-electron chi connectivity index (χ3n) is 2.81. The molecule has 0 fully saturated rings. The van der Waals surface area contributed by atoms with Crippen LogP contribution in [-0.4, -0.2) is 18.5 Å². The van der Waals surface area contributed by atoms with Gasteiger partial charge in [0.15, 0.2) is 0 Å². The Morgan fingerprint density at radius 1 is 1.29 bits per heavy atom. The van der Waals surface area contributed by atoms with E-state index in [0.717, 1.165) is 21.6 Å². The molecule has 0 aliphatic rings. The largest absolute Gasteiger partial charge is 0.460 e. The third-order valence-corrected chi connectivity index (χ3v) is 3.30. The fourth-order valence-electron chi connectivity index (χ4n) is 1.94. The molecule has 1 aromatic heterocycles. The molecule has 2 rings (SSSR count). The molecule has 0 atom stereocenters. The van der Waals surface area contributed by atoms with Crippen LogP contribution in [-0.2, 0) is 11.3 Å². The number of hydrogen-bond acceptors (Lipinski definition) is 3. The fourth-order valence-corrected chi connectivity index (χ4v) is 2.34. The molecule has 21 heavy (non-hydrogen) atoms. The highest BCUT2D eigenvalue weighted by Gasteiger charge is 2.06. The van der Waals surface area contributed by atoms with Gasteiger partial charge in [0, 0.05) is 16.1 Å². The minimum atomic E-state index is -0.0104. The summed E-state index contributed by atoms with van der Waals surface area (Å²) in [5.41, 5.74) is 1.02. The zero-order chi connectivity index (χ0) is 15.2. The Morgan fingerprint density at radius 2 is 2.10 bits per heavy atom. The van der Waals surface area contributed by atoms with Crippen molar-refractivity contribution in [3.05, 3.63) is 46.6 Å². The highest BCUT2D eigenvalue weighted by atomic mass is 79.9. The molecule has 1 amide bonds. The average molecular weight is 351 g/mol. The van der Waals surface area contributed by atoms with Crippen LogP contribution in [0.2, 0.25) is 0 Å². The monoisotopic (exact) mass is 350 g/mol. The van der Waals surface area contributed by atoms with E-state index in [2.05, 4.69) is 26.6 Å². The zero-order valence-corrected chi connectivity index (χ0v) is 13.7. The predicted molar refractivity (Wildman–Crippen MR) is 86.8 cm³/mol. The van der Waals surface area contributed by atoms with E-state index in [1.165, 1.54) is 0 Å². The Bertz CT molecular complexity index is 608. The first-order valence-electron chi connectivity index (χ1n) is 6.89. The van der Waals surface area contributed by atoms with Crippen LogP contribution in [0.15, 0.2) is 45.3 Å². The van der Waals surface area contributed by atoms with Gasteiger partial charge >= 0.3 is 0 Å². The molecular weight excluding hydrogens is 332 g/mol. The van der Waals surface area contributed by atoms with Crippen molar-refractivity contribution in [1.29, 1.82) is 0 Å². The van der Waals surface area contributed by atoms with Crippen LogP contribution in [0.25, 0.3) is 11.3 Å². The summed E-state index contributed by atoms with van der Waals surface area (Å²) < 4.78 is 6.79. The summed E-state index contributed by atoms with van der Waals surface area (Å²) in [6.07, 6.45) is 0. The fraction of sp³-hybridized carbons (Fsp3) is 0.312. The lowest BCUT2D eigenvalue weighted by atomic mass is 10.2. The summed E-state index contributed by atoms with van der Waals surface area (Å²) in [7, 11) is 0. The molecule has 1 heterocycles. The van der Waals surface area contributed by atoms with Gasteiger partial charge in [-0.1, -0.05) is 28.1 Å². The molecule has 1 aromatic carbocycles. The quantitative estimate of drug-likeness (QED) is 0.840. The second-order valence-electron chi connectivity index (χ2n) is 5.10. The van der Waals surface area contributed by atoms with Gasteiger partial charge in [-0.3, -0.25) is 4.79 Å². The minimum absolute atomic E-state index is 0.0104. The zero-order valence-electron chi connectivity index (χ0n) is 12.2. The smallest absolute Gasteiger partial charge is 0.234 e. The average Bonchev–Trinajstić information content (AvgIpc) is 2.86. The van der Waals surface area contributed by atoms with Crippen LogP contribution in [0, 0.1) is 0 Å². The lowest BCUT2D eigenvalue weighted by molar-refractivity contribution is -0.120. The molecule has 0 aliphatic heterocycles. The van der Waals surface area contributed by atoms with E-state index in [1.54, 1.807) is 0 Å². The van der Waals surface area contributed by atoms with Crippen molar-refractivity contribution in [3.63, 3.8) is 0 Å². The molecule has 0 saturated heterocycles. The number of benzene rings is 1. The molecule has 0 radical (unpaired) electrons. The molecule has 0 aliphatic carbocycles. The van der Waals surface area contributed by atoms with Crippen LogP contribution in [0.5, 0.6) is 0 Å². The summed E-state index contributed by atoms with van der Waals surface area (Å²) in [6.45, 7) is 4.69. The molecule has 4 nitrogen and oxygen atoms in total. The summed E-state index contributed by atoms with van der Waals surface area (Å²) in [4.78, 5) is 11.5. The van der Waals surface area contributed by atoms with Crippen molar-refractivity contribution in [1.82, 2.24) is 10.6 Å².